The molecule has 0 fully saturated rings. The van der Waals surface area contributed by atoms with E-state index in [9.17, 15) is 4.79 Å². The maximum absolute atomic E-state index is 11.9. The summed E-state index contributed by atoms with van der Waals surface area (Å²) in [5.74, 6) is 0.336. The zero-order valence-corrected chi connectivity index (χ0v) is 14.4. The van der Waals surface area contributed by atoms with Gasteiger partial charge in [0.15, 0.2) is 0 Å². The van der Waals surface area contributed by atoms with Gasteiger partial charge in [-0.2, -0.15) is 0 Å². The minimum atomic E-state index is -0.428. The minimum Gasteiger partial charge on any atom is -0.361 e. The van der Waals surface area contributed by atoms with Crippen molar-refractivity contribution >= 4 is 40.8 Å². The summed E-state index contributed by atoms with van der Waals surface area (Å²) in [4.78, 5) is 15.1. The number of halogens is 2. The van der Waals surface area contributed by atoms with Gasteiger partial charge in [-0.1, -0.05) is 25.4 Å². The first kappa shape index (κ1) is 18.8. The second-order valence-corrected chi connectivity index (χ2v) is 6.22. The van der Waals surface area contributed by atoms with E-state index in [-0.39, 0.29) is 18.3 Å². The predicted octanol–water partition coefficient (Wildman–Crippen LogP) is 3.28. The number of carbonyl (C=O) groups is 1. The SMILES string of the molecule is CC(C)C[C@H](N)C(=O)NCCc1c[nH]c2ccc(Cl)cc12.Cl. The van der Waals surface area contributed by atoms with Gasteiger partial charge in [0.2, 0.25) is 5.91 Å². The van der Waals surface area contributed by atoms with Crippen LogP contribution in [0.4, 0.5) is 0 Å². The monoisotopic (exact) mass is 343 g/mol. The van der Waals surface area contributed by atoms with E-state index in [0.717, 1.165) is 22.9 Å². The predicted molar refractivity (Wildman–Crippen MR) is 94.7 cm³/mol. The number of rotatable bonds is 6. The van der Waals surface area contributed by atoms with E-state index in [1.165, 1.54) is 0 Å². The van der Waals surface area contributed by atoms with Crippen molar-refractivity contribution in [2.75, 3.05) is 6.54 Å². The Kier molecular flexibility index (Phi) is 7.20. The Labute approximate surface area is 142 Å². The second-order valence-electron chi connectivity index (χ2n) is 5.78. The third-order valence-corrected chi connectivity index (χ3v) is 3.72. The Morgan fingerprint density at radius 1 is 1.41 bits per heavy atom. The maximum Gasteiger partial charge on any atom is 0.236 e. The largest absolute Gasteiger partial charge is 0.361 e. The van der Waals surface area contributed by atoms with Crippen LogP contribution >= 0.6 is 24.0 Å². The standard InChI is InChI=1S/C16H22ClN3O.ClH/c1-10(2)7-14(18)16(21)19-6-5-11-9-20-15-4-3-12(17)8-13(11)15;/h3-4,8-10,14,20H,5-7,18H2,1-2H3,(H,19,21);1H/t14-;/m0./s1. The van der Waals surface area contributed by atoms with Gasteiger partial charge in [-0.05, 0) is 42.5 Å². The summed E-state index contributed by atoms with van der Waals surface area (Å²) in [7, 11) is 0. The average Bonchev–Trinajstić information content (AvgIpc) is 2.80. The van der Waals surface area contributed by atoms with Crippen LogP contribution in [0.3, 0.4) is 0 Å². The van der Waals surface area contributed by atoms with Crippen molar-refractivity contribution in [3.05, 3.63) is 35.0 Å². The molecule has 1 atom stereocenters. The van der Waals surface area contributed by atoms with Crippen molar-refractivity contribution in [3.63, 3.8) is 0 Å². The summed E-state index contributed by atoms with van der Waals surface area (Å²) in [6.07, 6.45) is 3.41. The number of aromatic nitrogens is 1. The van der Waals surface area contributed by atoms with Crippen LogP contribution in [0.5, 0.6) is 0 Å². The van der Waals surface area contributed by atoms with E-state index in [2.05, 4.69) is 24.1 Å². The van der Waals surface area contributed by atoms with Gasteiger partial charge in [-0.3, -0.25) is 4.79 Å². The van der Waals surface area contributed by atoms with Crippen molar-refractivity contribution < 1.29 is 4.79 Å². The summed E-state index contributed by atoms with van der Waals surface area (Å²) in [6.45, 7) is 4.69. The molecule has 0 bridgehead atoms. The molecule has 0 spiro atoms. The van der Waals surface area contributed by atoms with E-state index < -0.39 is 6.04 Å². The van der Waals surface area contributed by atoms with Gasteiger partial charge in [0.25, 0.3) is 0 Å². The second kappa shape index (κ2) is 8.42. The molecular weight excluding hydrogens is 321 g/mol. The minimum absolute atomic E-state index is 0. The number of amides is 1. The quantitative estimate of drug-likeness (QED) is 0.753. The first-order valence-electron chi connectivity index (χ1n) is 7.26. The van der Waals surface area contributed by atoms with Crippen LogP contribution in [0.15, 0.2) is 24.4 Å². The molecule has 1 amide bonds. The Bertz CT molecular complexity index is 625. The number of nitrogens with two attached hydrogens (primary N) is 1. The van der Waals surface area contributed by atoms with Crippen LogP contribution in [-0.4, -0.2) is 23.5 Å². The lowest BCUT2D eigenvalue weighted by Crippen LogP contribution is -2.42. The van der Waals surface area contributed by atoms with Crippen LogP contribution in [0.25, 0.3) is 10.9 Å². The topological polar surface area (TPSA) is 70.9 Å². The fourth-order valence-electron chi connectivity index (χ4n) is 2.42. The van der Waals surface area contributed by atoms with Gasteiger partial charge in [0.1, 0.15) is 0 Å². The maximum atomic E-state index is 11.9. The third-order valence-electron chi connectivity index (χ3n) is 3.49. The molecule has 6 heteroatoms. The fourth-order valence-corrected chi connectivity index (χ4v) is 2.60. The van der Waals surface area contributed by atoms with Crippen LogP contribution in [0, 0.1) is 5.92 Å². The molecule has 0 aliphatic carbocycles. The summed E-state index contributed by atoms with van der Waals surface area (Å²) >= 11 is 6.02. The first-order chi connectivity index (χ1) is 9.97. The van der Waals surface area contributed by atoms with Crippen molar-refractivity contribution in [3.8, 4) is 0 Å². The highest BCUT2D eigenvalue weighted by Crippen LogP contribution is 2.22. The lowest BCUT2D eigenvalue weighted by Gasteiger charge is -2.13. The van der Waals surface area contributed by atoms with Gasteiger partial charge < -0.3 is 16.0 Å². The number of fused-ring (bicyclic) bond motifs is 1. The van der Waals surface area contributed by atoms with Crippen molar-refractivity contribution in [2.24, 2.45) is 11.7 Å². The van der Waals surface area contributed by atoms with E-state index in [1.807, 2.05) is 24.4 Å². The zero-order chi connectivity index (χ0) is 15.4. The summed E-state index contributed by atoms with van der Waals surface area (Å²) in [5.41, 5.74) is 8.05. The molecule has 4 nitrogen and oxygen atoms in total. The molecule has 0 unspecified atom stereocenters. The summed E-state index contributed by atoms with van der Waals surface area (Å²) in [5, 5.41) is 4.71. The molecular formula is C16H23Cl2N3O. The third kappa shape index (κ3) is 4.90. The van der Waals surface area contributed by atoms with Gasteiger partial charge in [-0.15, -0.1) is 12.4 Å². The average molecular weight is 344 g/mol. The fraction of sp³-hybridized carbons (Fsp3) is 0.438. The first-order valence-corrected chi connectivity index (χ1v) is 7.64. The molecule has 22 heavy (non-hydrogen) atoms. The van der Waals surface area contributed by atoms with E-state index in [1.54, 1.807) is 0 Å². The van der Waals surface area contributed by atoms with Crippen molar-refractivity contribution in [1.29, 1.82) is 0 Å². The molecule has 122 valence electrons. The molecule has 1 heterocycles. The molecule has 2 aromatic rings. The molecule has 1 aromatic heterocycles. The molecule has 0 saturated heterocycles. The lowest BCUT2D eigenvalue weighted by molar-refractivity contribution is -0.122. The van der Waals surface area contributed by atoms with E-state index >= 15 is 0 Å². The highest BCUT2D eigenvalue weighted by atomic mass is 35.5. The number of nitrogens with one attached hydrogen (secondary N) is 2. The highest BCUT2D eigenvalue weighted by molar-refractivity contribution is 6.31. The number of benzene rings is 1. The molecule has 2 rings (SSSR count). The molecule has 0 aliphatic rings. The summed E-state index contributed by atoms with van der Waals surface area (Å²) in [6, 6.07) is 5.33. The zero-order valence-electron chi connectivity index (χ0n) is 12.9. The number of carbonyl (C=O) groups excluding carboxylic acids is 1. The van der Waals surface area contributed by atoms with Crippen molar-refractivity contribution in [1.82, 2.24) is 10.3 Å². The molecule has 1 aromatic carbocycles. The lowest BCUT2D eigenvalue weighted by atomic mass is 10.0. The smallest absolute Gasteiger partial charge is 0.236 e. The van der Waals surface area contributed by atoms with Crippen LogP contribution in [-0.2, 0) is 11.2 Å². The van der Waals surface area contributed by atoms with Crippen LogP contribution in [0.2, 0.25) is 5.02 Å². The Morgan fingerprint density at radius 2 is 2.14 bits per heavy atom. The molecule has 4 N–H and O–H groups in total. The number of hydrogen-bond acceptors (Lipinski definition) is 2. The number of H-pyrrole nitrogens is 1. The summed E-state index contributed by atoms with van der Waals surface area (Å²) < 4.78 is 0. The molecule has 0 saturated carbocycles. The Morgan fingerprint density at radius 3 is 2.82 bits per heavy atom. The van der Waals surface area contributed by atoms with Gasteiger partial charge in [0, 0.05) is 28.7 Å². The van der Waals surface area contributed by atoms with Gasteiger partial charge >= 0.3 is 0 Å². The van der Waals surface area contributed by atoms with E-state index in [0.29, 0.717) is 23.9 Å². The number of aromatic amines is 1. The van der Waals surface area contributed by atoms with Gasteiger partial charge in [0.05, 0.1) is 6.04 Å². The van der Waals surface area contributed by atoms with Crippen LogP contribution in [0.1, 0.15) is 25.8 Å². The van der Waals surface area contributed by atoms with Crippen molar-refractivity contribution in [2.45, 2.75) is 32.7 Å². The Balaban J connectivity index is 0.00000242. The Hall–Kier alpha value is -1.23. The van der Waals surface area contributed by atoms with Crippen LogP contribution < -0.4 is 11.1 Å². The van der Waals surface area contributed by atoms with E-state index in [4.69, 9.17) is 17.3 Å². The molecule has 0 radical (unpaired) electrons. The normalized spacial score (nSPS) is 12.2. The van der Waals surface area contributed by atoms with Gasteiger partial charge in [-0.25, -0.2) is 0 Å². The number of hydrogen-bond donors (Lipinski definition) is 3. The molecule has 0 aliphatic heterocycles. The highest BCUT2D eigenvalue weighted by Gasteiger charge is 2.14.